The van der Waals surface area contributed by atoms with Crippen LogP contribution in [0.25, 0.3) is 5.57 Å². The van der Waals surface area contributed by atoms with Crippen molar-refractivity contribution in [3.8, 4) is 11.5 Å². The van der Waals surface area contributed by atoms with Gasteiger partial charge in [0.2, 0.25) is 0 Å². The highest BCUT2D eigenvalue weighted by atomic mass is 16.5. The molecule has 0 aromatic heterocycles. The molecule has 0 bridgehead atoms. The van der Waals surface area contributed by atoms with E-state index < -0.39 is 0 Å². The molecule has 432 valence electrons. The first-order valence-electron chi connectivity index (χ1n) is 31.9. The van der Waals surface area contributed by atoms with Crippen molar-refractivity contribution < 1.29 is 4.74 Å². The molecule has 8 heteroatoms. The van der Waals surface area contributed by atoms with Gasteiger partial charge in [-0.15, -0.1) is 0 Å². The Balaban J connectivity index is 0.965. The fourth-order valence-electron chi connectivity index (χ4n) is 15.4. The van der Waals surface area contributed by atoms with Crippen LogP contribution in [0.2, 0.25) is 0 Å². The van der Waals surface area contributed by atoms with Gasteiger partial charge in [0.25, 0.3) is 13.4 Å². The van der Waals surface area contributed by atoms with Crippen molar-refractivity contribution in [2.75, 3.05) is 24.5 Å². The zero-order valence-electron chi connectivity index (χ0n) is 50.4. The first-order valence-corrected chi connectivity index (χ1v) is 31.9. The molecule has 13 aromatic rings. The number of para-hydroxylation sites is 8. The van der Waals surface area contributed by atoms with E-state index in [1.165, 1.54) is 38.7 Å². The number of ether oxygens (including phenoxy) is 1. The lowest BCUT2D eigenvalue weighted by molar-refractivity contribution is 0.488. The molecule has 18 rings (SSSR count). The third-order valence-corrected chi connectivity index (χ3v) is 19.1. The SMILES string of the molecule is C1=CC(c2ccccc2)=C(N2c3cc4c(cc3B3c5ccccc5N(c5ccccc5)c5cc(N(c6ccccc6)c6ccccc6)cc2c53)B2c3ccccc3N(c3ccccc3)c3cc(N(c5ccccc5)c5ccccc5)cc(c32)O4)C(c2ccccc2)C1. The number of fused-ring (bicyclic) bond motifs is 8. The first-order chi connectivity index (χ1) is 45.7. The molecule has 0 saturated heterocycles. The summed E-state index contributed by atoms with van der Waals surface area (Å²) in [7, 11) is 0. The number of nitrogens with zero attached hydrogens (tertiary/aromatic N) is 5. The standard InChI is InChI=1S/C84H59B2N5O/c1-9-30-58(31-10-1)68-46-29-47-69(59-32-11-2-12-33-59)84(68)91-76-57-80-73(86-71-49-26-28-51-75(71)90(65-44-23-8-24-45-65)79-54-67(55-81(92-80)83(79)86)88(62-38-17-5-18-39-62)63-40-19-6-20-41-63)56-72(76)85-70-48-25-27-50-74(70)89(64-42-21-7-22-43-64)77-52-66(53-78(91)82(77)85)87(60-34-13-3-14-35-60)61-36-15-4-16-37-61/h1-46,48-57,69H,47H2. The molecule has 1 atom stereocenters. The van der Waals surface area contributed by atoms with Crippen molar-refractivity contribution in [2.24, 2.45) is 0 Å². The monoisotopic (exact) mass is 1180 g/mol. The maximum atomic E-state index is 7.90. The average Bonchev–Trinajstić information content (AvgIpc) is 0.690. The van der Waals surface area contributed by atoms with E-state index in [0.29, 0.717) is 0 Å². The highest BCUT2D eigenvalue weighted by Gasteiger charge is 2.49. The maximum absolute atomic E-state index is 7.90. The Morgan fingerprint density at radius 1 is 0.315 bits per heavy atom. The van der Waals surface area contributed by atoms with Crippen molar-refractivity contribution in [1.29, 1.82) is 0 Å². The first kappa shape index (κ1) is 53.3. The van der Waals surface area contributed by atoms with Crippen molar-refractivity contribution in [3.63, 3.8) is 0 Å². The van der Waals surface area contributed by atoms with Crippen LogP contribution in [0.5, 0.6) is 11.5 Å². The third kappa shape index (κ3) is 8.66. The minimum atomic E-state index is -0.202. The Morgan fingerprint density at radius 2 is 0.728 bits per heavy atom. The highest BCUT2D eigenvalue weighted by molar-refractivity contribution is 7.02. The minimum absolute atomic E-state index is 0.0421. The van der Waals surface area contributed by atoms with E-state index in [1.807, 2.05) is 0 Å². The molecule has 4 heterocycles. The molecule has 5 aliphatic rings. The molecule has 1 aliphatic carbocycles. The van der Waals surface area contributed by atoms with E-state index in [2.05, 4.69) is 364 Å². The third-order valence-electron chi connectivity index (χ3n) is 19.1. The van der Waals surface area contributed by atoms with Gasteiger partial charge in [0.1, 0.15) is 11.5 Å². The summed E-state index contributed by atoms with van der Waals surface area (Å²) in [5.74, 6) is 1.61. The van der Waals surface area contributed by atoms with Crippen LogP contribution in [0, 0.1) is 0 Å². The van der Waals surface area contributed by atoms with Crippen LogP contribution in [0.3, 0.4) is 0 Å². The van der Waals surface area contributed by atoms with Gasteiger partial charge in [0.15, 0.2) is 0 Å². The summed E-state index contributed by atoms with van der Waals surface area (Å²) in [5, 5.41) is 0. The van der Waals surface area contributed by atoms with Crippen molar-refractivity contribution in [2.45, 2.75) is 12.3 Å². The van der Waals surface area contributed by atoms with E-state index in [-0.39, 0.29) is 19.3 Å². The Bertz CT molecular complexity index is 4940. The summed E-state index contributed by atoms with van der Waals surface area (Å²) in [6, 6.07) is 120. The normalized spacial score (nSPS) is 14.5. The number of benzene rings is 13. The second-order valence-electron chi connectivity index (χ2n) is 24.3. The zero-order chi connectivity index (χ0) is 60.6. The maximum Gasteiger partial charge on any atom is 0.256 e. The lowest BCUT2D eigenvalue weighted by Gasteiger charge is -2.48. The molecule has 4 aliphatic heterocycles. The van der Waals surface area contributed by atoms with Crippen LogP contribution < -0.4 is 62.0 Å². The van der Waals surface area contributed by atoms with Crippen molar-refractivity contribution >= 4 is 131 Å². The van der Waals surface area contributed by atoms with E-state index in [0.717, 1.165) is 114 Å². The molecule has 0 amide bonds. The molecular formula is C84H59B2N5O. The molecule has 0 N–H and O–H groups in total. The summed E-state index contributed by atoms with van der Waals surface area (Å²) in [6.07, 6.45) is 5.58. The lowest BCUT2D eigenvalue weighted by Crippen LogP contribution is -2.64. The predicted octanol–water partition coefficient (Wildman–Crippen LogP) is 17.9. The van der Waals surface area contributed by atoms with Gasteiger partial charge in [-0.3, -0.25) is 0 Å². The van der Waals surface area contributed by atoms with Gasteiger partial charge in [-0.1, -0.05) is 224 Å². The van der Waals surface area contributed by atoms with Gasteiger partial charge in [-0.2, -0.15) is 0 Å². The molecule has 13 aromatic carbocycles. The van der Waals surface area contributed by atoms with Gasteiger partial charge in [-0.25, -0.2) is 0 Å². The average molecular weight is 1180 g/mol. The quantitative estimate of drug-likeness (QED) is 0.120. The van der Waals surface area contributed by atoms with Crippen LogP contribution >= 0.6 is 0 Å². The molecule has 0 spiro atoms. The molecule has 6 nitrogen and oxygen atoms in total. The Labute approximate surface area is 537 Å². The molecular weight excluding hydrogens is 1120 g/mol. The number of rotatable bonds is 11. The minimum Gasteiger partial charge on any atom is -0.458 e. The number of hydrogen-bond acceptors (Lipinski definition) is 6. The summed E-state index contributed by atoms with van der Waals surface area (Å²) in [5.41, 5.74) is 27.1. The fraction of sp³-hybridized carbons (Fsp3) is 0.0238. The number of anilines is 14. The van der Waals surface area contributed by atoms with Crippen LogP contribution in [0.1, 0.15) is 23.5 Å². The molecule has 0 fully saturated rings. The van der Waals surface area contributed by atoms with Gasteiger partial charge >= 0.3 is 0 Å². The summed E-state index contributed by atoms with van der Waals surface area (Å²) in [4.78, 5) is 12.5. The van der Waals surface area contributed by atoms with E-state index in [4.69, 9.17) is 4.74 Å². The number of hydrogen-bond donors (Lipinski definition) is 0. The molecule has 92 heavy (non-hydrogen) atoms. The van der Waals surface area contributed by atoms with E-state index in [9.17, 15) is 0 Å². The Kier molecular flexibility index (Phi) is 12.8. The van der Waals surface area contributed by atoms with Crippen LogP contribution in [-0.2, 0) is 0 Å². The topological polar surface area (TPSA) is 25.4 Å². The van der Waals surface area contributed by atoms with Gasteiger partial charge in [-0.05, 0) is 153 Å². The Morgan fingerprint density at radius 3 is 1.24 bits per heavy atom. The predicted molar refractivity (Wildman–Crippen MR) is 386 cm³/mol. The van der Waals surface area contributed by atoms with Gasteiger partial charge in [0, 0.05) is 97.6 Å². The molecule has 0 radical (unpaired) electrons. The van der Waals surface area contributed by atoms with Gasteiger partial charge < -0.3 is 29.2 Å². The summed E-state index contributed by atoms with van der Waals surface area (Å²) >= 11 is 0. The highest BCUT2D eigenvalue weighted by Crippen LogP contribution is 2.53. The van der Waals surface area contributed by atoms with E-state index >= 15 is 0 Å². The lowest BCUT2D eigenvalue weighted by atomic mass is 9.30. The second-order valence-corrected chi connectivity index (χ2v) is 24.3. The van der Waals surface area contributed by atoms with Crippen molar-refractivity contribution in [1.82, 2.24) is 0 Å². The second kappa shape index (κ2) is 22.1. The van der Waals surface area contributed by atoms with Crippen LogP contribution in [-0.4, -0.2) is 13.4 Å². The summed E-state index contributed by atoms with van der Waals surface area (Å²) < 4.78 is 7.90. The fourth-order valence-corrected chi connectivity index (χ4v) is 15.4. The van der Waals surface area contributed by atoms with Crippen LogP contribution in [0.15, 0.2) is 345 Å². The van der Waals surface area contributed by atoms with Crippen molar-refractivity contribution in [3.05, 3.63) is 357 Å². The summed E-state index contributed by atoms with van der Waals surface area (Å²) in [6.45, 7) is -0.400. The molecule has 0 saturated carbocycles. The number of allylic oxidation sites excluding steroid dienone is 4. The zero-order valence-corrected chi connectivity index (χ0v) is 50.4. The van der Waals surface area contributed by atoms with E-state index in [1.54, 1.807) is 0 Å². The van der Waals surface area contributed by atoms with Crippen LogP contribution in [0.4, 0.5) is 79.6 Å². The van der Waals surface area contributed by atoms with Gasteiger partial charge in [0.05, 0.1) is 11.4 Å². The molecule has 1 unspecified atom stereocenters. The smallest absolute Gasteiger partial charge is 0.256 e. The largest absolute Gasteiger partial charge is 0.458 e. The Hall–Kier alpha value is -11.7.